The Morgan fingerprint density at radius 3 is 2.84 bits per heavy atom. The number of hydrogen-bond acceptors (Lipinski definition) is 5. The van der Waals surface area contributed by atoms with E-state index >= 15 is 0 Å². The number of nitrogens with zero attached hydrogens (tertiary/aromatic N) is 1. The third kappa shape index (κ3) is 4.19. The van der Waals surface area contributed by atoms with Crippen LogP contribution in [0, 0.1) is 0 Å². The summed E-state index contributed by atoms with van der Waals surface area (Å²) in [4.78, 5) is 12.6. The van der Waals surface area contributed by atoms with Crippen LogP contribution in [0.5, 0.6) is 0 Å². The molecule has 2 fully saturated rings. The van der Waals surface area contributed by atoms with Gasteiger partial charge in [0.2, 0.25) is 6.29 Å². The van der Waals surface area contributed by atoms with Crippen molar-refractivity contribution in [3.05, 3.63) is 11.6 Å². The Labute approximate surface area is 108 Å². The summed E-state index contributed by atoms with van der Waals surface area (Å²) in [6.45, 7) is 3.35. The highest BCUT2D eigenvalue weighted by atomic mass is 19.4. The predicted molar refractivity (Wildman–Crippen MR) is 59.3 cm³/mol. The molecule has 0 aromatic rings. The SMILES string of the molecule is O=C(OC1CN(CC=C2CNC2)CCO1)C(F)(F)F. The number of hydrogen-bond donors (Lipinski definition) is 1. The van der Waals surface area contributed by atoms with Crippen LogP contribution in [0.3, 0.4) is 0 Å². The summed E-state index contributed by atoms with van der Waals surface area (Å²) in [6, 6.07) is 0. The third-order valence-corrected chi connectivity index (χ3v) is 2.93. The first-order chi connectivity index (χ1) is 8.95. The van der Waals surface area contributed by atoms with Gasteiger partial charge in [0.05, 0.1) is 13.2 Å². The number of morpholine rings is 1. The van der Waals surface area contributed by atoms with Gasteiger partial charge in [0.1, 0.15) is 0 Å². The monoisotopic (exact) mass is 280 g/mol. The van der Waals surface area contributed by atoms with E-state index in [9.17, 15) is 18.0 Å². The van der Waals surface area contributed by atoms with E-state index in [-0.39, 0.29) is 13.2 Å². The van der Waals surface area contributed by atoms with Crippen LogP contribution in [0.4, 0.5) is 13.2 Å². The van der Waals surface area contributed by atoms with Gasteiger partial charge in [-0.1, -0.05) is 6.08 Å². The van der Waals surface area contributed by atoms with Gasteiger partial charge in [-0.2, -0.15) is 13.2 Å². The van der Waals surface area contributed by atoms with Crippen LogP contribution in [-0.2, 0) is 14.3 Å². The minimum absolute atomic E-state index is 0.152. The molecule has 0 aliphatic carbocycles. The maximum absolute atomic E-state index is 12.0. The zero-order valence-electron chi connectivity index (χ0n) is 10.2. The Balaban J connectivity index is 1.78. The second-order valence-corrected chi connectivity index (χ2v) is 4.43. The Hall–Kier alpha value is -1.12. The van der Waals surface area contributed by atoms with Crippen molar-refractivity contribution in [1.82, 2.24) is 10.2 Å². The normalized spacial score (nSPS) is 24.8. The molecule has 2 aliphatic rings. The predicted octanol–water partition coefficient (Wildman–Crippen LogP) is 0.280. The van der Waals surface area contributed by atoms with Gasteiger partial charge in [0, 0.05) is 26.2 Å². The minimum atomic E-state index is -4.98. The fourth-order valence-electron chi connectivity index (χ4n) is 1.76. The van der Waals surface area contributed by atoms with Gasteiger partial charge in [0.25, 0.3) is 0 Å². The van der Waals surface area contributed by atoms with Gasteiger partial charge in [-0.15, -0.1) is 0 Å². The van der Waals surface area contributed by atoms with Crippen molar-refractivity contribution >= 4 is 5.97 Å². The number of carbonyl (C=O) groups is 1. The van der Waals surface area contributed by atoms with E-state index in [0.29, 0.717) is 13.1 Å². The smallest absolute Gasteiger partial charge is 0.428 e. The van der Waals surface area contributed by atoms with Gasteiger partial charge in [-0.3, -0.25) is 4.90 Å². The van der Waals surface area contributed by atoms with Crippen LogP contribution in [0.1, 0.15) is 0 Å². The second-order valence-electron chi connectivity index (χ2n) is 4.43. The molecule has 1 atom stereocenters. The average molecular weight is 280 g/mol. The van der Waals surface area contributed by atoms with E-state index in [4.69, 9.17) is 4.74 Å². The average Bonchev–Trinajstić information content (AvgIpc) is 2.26. The van der Waals surface area contributed by atoms with E-state index in [1.807, 2.05) is 11.0 Å². The molecule has 0 aromatic carbocycles. The molecule has 0 spiro atoms. The van der Waals surface area contributed by atoms with Gasteiger partial charge in [-0.25, -0.2) is 4.79 Å². The molecule has 108 valence electrons. The van der Waals surface area contributed by atoms with Crippen molar-refractivity contribution in [2.24, 2.45) is 0 Å². The van der Waals surface area contributed by atoms with E-state index in [1.165, 1.54) is 5.57 Å². The van der Waals surface area contributed by atoms with Crippen LogP contribution in [0.15, 0.2) is 11.6 Å². The lowest BCUT2D eigenvalue weighted by atomic mass is 10.1. The maximum Gasteiger partial charge on any atom is 0.491 e. The van der Waals surface area contributed by atoms with E-state index in [2.05, 4.69) is 10.1 Å². The summed E-state index contributed by atoms with van der Waals surface area (Å²) in [5, 5.41) is 3.09. The molecule has 0 aromatic heterocycles. The summed E-state index contributed by atoms with van der Waals surface area (Å²) in [5.41, 5.74) is 1.27. The lowest BCUT2D eigenvalue weighted by Crippen LogP contribution is -2.46. The number of nitrogens with one attached hydrogen (secondary N) is 1. The van der Waals surface area contributed by atoms with Gasteiger partial charge in [0.15, 0.2) is 0 Å². The van der Waals surface area contributed by atoms with E-state index in [0.717, 1.165) is 13.1 Å². The van der Waals surface area contributed by atoms with E-state index < -0.39 is 18.4 Å². The number of rotatable bonds is 3. The molecule has 2 heterocycles. The van der Waals surface area contributed by atoms with Crippen molar-refractivity contribution in [1.29, 1.82) is 0 Å². The second kappa shape index (κ2) is 5.89. The van der Waals surface area contributed by atoms with Crippen LogP contribution in [-0.4, -0.2) is 62.7 Å². The first-order valence-corrected chi connectivity index (χ1v) is 5.95. The minimum Gasteiger partial charge on any atom is -0.428 e. The highest BCUT2D eigenvalue weighted by molar-refractivity contribution is 5.75. The van der Waals surface area contributed by atoms with Crippen molar-refractivity contribution < 1.29 is 27.4 Å². The van der Waals surface area contributed by atoms with Crippen molar-refractivity contribution in [3.8, 4) is 0 Å². The maximum atomic E-state index is 12.0. The van der Waals surface area contributed by atoms with Gasteiger partial charge in [-0.05, 0) is 5.57 Å². The van der Waals surface area contributed by atoms with Crippen LogP contribution in [0.25, 0.3) is 0 Å². The van der Waals surface area contributed by atoms with Gasteiger partial charge < -0.3 is 14.8 Å². The standard InChI is InChI=1S/C11H15F3N2O3/c12-11(13,14)10(17)19-9-7-16(3-4-18-9)2-1-8-5-15-6-8/h1,9,15H,2-7H2. The van der Waals surface area contributed by atoms with Crippen LogP contribution in [0.2, 0.25) is 0 Å². The Morgan fingerprint density at radius 1 is 1.53 bits per heavy atom. The third-order valence-electron chi connectivity index (χ3n) is 2.93. The summed E-state index contributed by atoms with van der Waals surface area (Å²) in [5.74, 6) is -2.21. The van der Waals surface area contributed by atoms with Crippen molar-refractivity contribution in [2.75, 3.05) is 39.3 Å². The molecule has 2 saturated heterocycles. The number of ether oxygens (including phenoxy) is 2. The first-order valence-electron chi connectivity index (χ1n) is 5.95. The molecule has 0 saturated carbocycles. The molecule has 8 heteroatoms. The Morgan fingerprint density at radius 2 is 2.26 bits per heavy atom. The molecule has 19 heavy (non-hydrogen) atoms. The van der Waals surface area contributed by atoms with Crippen LogP contribution < -0.4 is 5.32 Å². The Kier molecular flexibility index (Phi) is 4.43. The Bertz CT molecular complexity index is 365. The van der Waals surface area contributed by atoms with Crippen molar-refractivity contribution in [2.45, 2.75) is 12.5 Å². The highest BCUT2D eigenvalue weighted by Crippen LogP contribution is 2.19. The molecule has 1 N–H and O–H groups in total. The topological polar surface area (TPSA) is 50.8 Å². The fraction of sp³-hybridized carbons (Fsp3) is 0.727. The summed E-state index contributed by atoms with van der Waals surface area (Å²) >= 11 is 0. The summed E-state index contributed by atoms with van der Waals surface area (Å²) < 4.78 is 45.4. The lowest BCUT2D eigenvalue weighted by molar-refractivity contribution is -0.234. The largest absolute Gasteiger partial charge is 0.491 e. The molecule has 2 aliphatic heterocycles. The molecule has 0 bridgehead atoms. The zero-order chi connectivity index (χ0) is 13.9. The summed E-state index contributed by atoms with van der Waals surface area (Å²) in [6.07, 6.45) is -4.10. The molecule has 1 unspecified atom stereocenters. The number of carbonyl (C=O) groups excluding carboxylic acids is 1. The molecule has 5 nitrogen and oxygen atoms in total. The van der Waals surface area contributed by atoms with Crippen LogP contribution >= 0.6 is 0 Å². The quantitative estimate of drug-likeness (QED) is 0.594. The van der Waals surface area contributed by atoms with Crippen molar-refractivity contribution in [3.63, 3.8) is 0 Å². The zero-order valence-corrected chi connectivity index (χ0v) is 10.2. The number of esters is 1. The van der Waals surface area contributed by atoms with E-state index in [1.54, 1.807) is 0 Å². The molecular formula is C11H15F3N2O3. The molecule has 0 radical (unpaired) electrons. The molecule has 2 rings (SSSR count). The highest BCUT2D eigenvalue weighted by Gasteiger charge is 2.43. The van der Waals surface area contributed by atoms with Gasteiger partial charge >= 0.3 is 12.1 Å². The molecule has 0 amide bonds. The number of alkyl halides is 3. The lowest BCUT2D eigenvalue weighted by Gasteiger charge is -2.32. The fourth-order valence-corrected chi connectivity index (χ4v) is 1.76. The first kappa shape index (κ1) is 14.3. The summed E-state index contributed by atoms with van der Waals surface area (Å²) in [7, 11) is 0. The molecular weight excluding hydrogens is 265 g/mol. The number of halogens is 3.